The number of ether oxygens (including phenoxy) is 1. The maximum atomic E-state index is 6.09. The molecule has 0 fully saturated rings. The normalized spacial score (nSPS) is 9.65. The van der Waals surface area contributed by atoms with E-state index < -0.39 is 0 Å². The average molecular weight is 272 g/mol. The van der Waals surface area contributed by atoms with Crippen LogP contribution in [0.25, 0.3) is 0 Å². The predicted molar refractivity (Wildman–Crippen MR) is 73.1 cm³/mol. The zero-order valence-electron chi connectivity index (χ0n) is 9.94. The lowest BCUT2D eigenvalue weighted by Gasteiger charge is -2.06. The van der Waals surface area contributed by atoms with Crippen molar-refractivity contribution in [2.24, 2.45) is 0 Å². The Labute approximate surface area is 112 Å². The lowest BCUT2D eigenvalue weighted by molar-refractivity contribution is 0.340. The summed E-state index contributed by atoms with van der Waals surface area (Å²) in [4.78, 5) is 0. The van der Waals surface area contributed by atoms with Gasteiger partial charge in [-0.05, 0) is 19.5 Å². The predicted octanol–water partition coefficient (Wildman–Crippen LogP) is 3.35. The largest absolute Gasteiger partial charge is 0.492 e. The second-order valence-corrected chi connectivity index (χ2v) is 4.09. The van der Waals surface area contributed by atoms with E-state index in [4.69, 9.17) is 27.9 Å². The Hall–Kier alpha value is -0.880. The summed E-state index contributed by atoms with van der Waals surface area (Å²) in [7, 11) is 0. The van der Waals surface area contributed by atoms with Crippen LogP contribution in [0.4, 0.5) is 0 Å². The number of hydrogen-bond acceptors (Lipinski definition) is 2. The summed E-state index contributed by atoms with van der Waals surface area (Å²) >= 11 is 12.1. The molecule has 1 rings (SSSR count). The fraction of sp³-hybridized carbons (Fsp3) is 0.385. The topological polar surface area (TPSA) is 21.3 Å². The van der Waals surface area contributed by atoms with Crippen LogP contribution in [0, 0.1) is 11.8 Å². The molecule has 0 aliphatic rings. The third-order valence-electron chi connectivity index (χ3n) is 2.01. The number of nitrogens with one attached hydrogen (secondary N) is 1. The molecule has 1 aromatic carbocycles. The van der Waals surface area contributed by atoms with Crippen molar-refractivity contribution >= 4 is 23.2 Å². The van der Waals surface area contributed by atoms with Crippen LogP contribution < -0.4 is 10.1 Å². The first-order valence-electron chi connectivity index (χ1n) is 5.50. The molecule has 0 saturated carbocycles. The van der Waals surface area contributed by atoms with Crippen LogP contribution in [-0.2, 0) is 0 Å². The molecule has 2 nitrogen and oxygen atoms in total. The summed E-state index contributed by atoms with van der Waals surface area (Å²) in [6, 6.07) is 3.43. The SMILES string of the molecule is CCNCC#Cc1cc(Cl)c(OCC)cc1Cl. The van der Waals surface area contributed by atoms with Crippen LogP contribution in [0.5, 0.6) is 5.75 Å². The maximum absolute atomic E-state index is 6.09. The summed E-state index contributed by atoms with van der Waals surface area (Å²) in [6.07, 6.45) is 0. The van der Waals surface area contributed by atoms with Crippen molar-refractivity contribution in [2.75, 3.05) is 19.7 Å². The first-order chi connectivity index (χ1) is 8.19. The van der Waals surface area contributed by atoms with Crippen LogP contribution >= 0.6 is 23.2 Å². The highest BCUT2D eigenvalue weighted by Crippen LogP contribution is 2.30. The van der Waals surface area contributed by atoms with Crippen LogP contribution in [0.1, 0.15) is 19.4 Å². The molecule has 0 aliphatic heterocycles. The molecule has 0 radical (unpaired) electrons. The first kappa shape index (κ1) is 14.2. The van der Waals surface area contributed by atoms with Gasteiger partial charge in [0.05, 0.1) is 23.2 Å². The lowest BCUT2D eigenvalue weighted by Crippen LogP contribution is -2.11. The van der Waals surface area contributed by atoms with E-state index in [2.05, 4.69) is 17.2 Å². The molecular formula is C13H15Cl2NO. The summed E-state index contributed by atoms with van der Waals surface area (Å²) in [5, 5.41) is 4.20. The quantitative estimate of drug-likeness (QED) is 0.670. The molecule has 1 aromatic rings. The standard InChI is InChI=1S/C13H15Cl2NO/c1-3-16-7-5-6-10-8-12(15)13(17-4-2)9-11(10)14/h8-9,16H,3-4,7H2,1-2H3. The summed E-state index contributed by atoms with van der Waals surface area (Å²) in [5.41, 5.74) is 0.720. The van der Waals surface area contributed by atoms with Crippen LogP contribution in [0.3, 0.4) is 0 Å². The zero-order chi connectivity index (χ0) is 12.7. The lowest BCUT2D eigenvalue weighted by atomic mass is 10.2. The molecule has 0 unspecified atom stereocenters. The zero-order valence-corrected chi connectivity index (χ0v) is 11.5. The van der Waals surface area contributed by atoms with Gasteiger partial charge in [-0.1, -0.05) is 42.0 Å². The molecule has 0 saturated heterocycles. The minimum absolute atomic E-state index is 0.531. The van der Waals surface area contributed by atoms with E-state index in [1.807, 2.05) is 13.8 Å². The van der Waals surface area contributed by atoms with Gasteiger partial charge >= 0.3 is 0 Å². The Kier molecular flexibility index (Phi) is 6.21. The number of benzene rings is 1. The average Bonchev–Trinajstić information content (AvgIpc) is 2.30. The number of hydrogen-bond donors (Lipinski definition) is 1. The molecule has 0 atom stereocenters. The first-order valence-corrected chi connectivity index (χ1v) is 6.26. The van der Waals surface area contributed by atoms with E-state index in [-0.39, 0.29) is 0 Å². The highest BCUT2D eigenvalue weighted by atomic mass is 35.5. The molecule has 0 heterocycles. The van der Waals surface area contributed by atoms with Gasteiger partial charge in [0.2, 0.25) is 0 Å². The Morgan fingerprint density at radius 1 is 1.24 bits per heavy atom. The van der Waals surface area contributed by atoms with E-state index in [1.165, 1.54) is 0 Å². The van der Waals surface area contributed by atoms with Gasteiger partial charge in [0.1, 0.15) is 5.75 Å². The van der Waals surface area contributed by atoms with E-state index in [0.29, 0.717) is 28.9 Å². The van der Waals surface area contributed by atoms with Gasteiger partial charge in [-0.15, -0.1) is 0 Å². The van der Waals surface area contributed by atoms with Crippen molar-refractivity contribution in [3.05, 3.63) is 27.7 Å². The van der Waals surface area contributed by atoms with Gasteiger partial charge in [0.25, 0.3) is 0 Å². The number of halogens is 2. The molecule has 92 valence electrons. The molecule has 0 spiro atoms. The maximum Gasteiger partial charge on any atom is 0.139 e. The van der Waals surface area contributed by atoms with Crippen molar-refractivity contribution in [3.63, 3.8) is 0 Å². The van der Waals surface area contributed by atoms with E-state index in [9.17, 15) is 0 Å². The Morgan fingerprint density at radius 3 is 2.65 bits per heavy atom. The highest BCUT2D eigenvalue weighted by Gasteiger charge is 2.06. The van der Waals surface area contributed by atoms with Gasteiger partial charge < -0.3 is 10.1 Å². The molecule has 4 heteroatoms. The van der Waals surface area contributed by atoms with Crippen LogP contribution in [-0.4, -0.2) is 19.7 Å². The van der Waals surface area contributed by atoms with Gasteiger partial charge in [-0.3, -0.25) is 0 Å². The third-order valence-corrected chi connectivity index (χ3v) is 2.62. The molecule has 0 aliphatic carbocycles. The van der Waals surface area contributed by atoms with Gasteiger partial charge in [0, 0.05) is 11.6 Å². The van der Waals surface area contributed by atoms with Crippen molar-refractivity contribution in [1.82, 2.24) is 5.32 Å². The molecular weight excluding hydrogens is 257 g/mol. The minimum atomic E-state index is 0.531. The molecule has 1 N–H and O–H groups in total. The summed E-state index contributed by atoms with van der Waals surface area (Å²) in [5.74, 6) is 6.54. The van der Waals surface area contributed by atoms with Crippen molar-refractivity contribution in [2.45, 2.75) is 13.8 Å². The Morgan fingerprint density at radius 2 is 2.00 bits per heavy atom. The Bertz CT molecular complexity index is 435. The minimum Gasteiger partial charge on any atom is -0.492 e. The monoisotopic (exact) mass is 271 g/mol. The summed E-state index contributed by atoms with van der Waals surface area (Å²) in [6.45, 7) is 6.02. The third kappa shape index (κ3) is 4.47. The molecule has 0 bridgehead atoms. The highest BCUT2D eigenvalue weighted by molar-refractivity contribution is 6.35. The summed E-state index contributed by atoms with van der Waals surface area (Å²) < 4.78 is 5.34. The van der Waals surface area contributed by atoms with E-state index in [1.54, 1.807) is 12.1 Å². The van der Waals surface area contributed by atoms with E-state index >= 15 is 0 Å². The van der Waals surface area contributed by atoms with E-state index in [0.717, 1.165) is 12.1 Å². The fourth-order valence-electron chi connectivity index (χ4n) is 1.22. The molecule has 0 aromatic heterocycles. The smallest absolute Gasteiger partial charge is 0.139 e. The molecule has 0 amide bonds. The van der Waals surface area contributed by atoms with Crippen LogP contribution in [0.2, 0.25) is 10.0 Å². The number of rotatable bonds is 4. The Balaban J connectivity index is 2.86. The second-order valence-electron chi connectivity index (χ2n) is 3.28. The van der Waals surface area contributed by atoms with Crippen molar-refractivity contribution in [3.8, 4) is 17.6 Å². The van der Waals surface area contributed by atoms with Gasteiger partial charge in [-0.2, -0.15) is 0 Å². The van der Waals surface area contributed by atoms with Gasteiger partial charge in [0.15, 0.2) is 0 Å². The van der Waals surface area contributed by atoms with Gasteiger partial charge in [-0.25, -0.2) is 0 Å². The second kappa shape index (κ2) is 7.45. The van der Waals surface area contributed by atoms with Crippen molar-refractivity contribution in [1.29, 1.82) is 0 Å². The molecule has 17 heavy (non-hydrogen) atoms. The fourth-order valence-corrected chi connectivity index (χ4v) is 1.64. The van der Waals surface area contributed by atoms with Crippen molar-refractivity contribution < 1.29 is 4.74 Å². The van der Waals surface area contributed by atoms with Crippen LogP contribution in [0.15, 0.2) is 12.1 Å².